The van der Waals surface area contributed by atoms with Crippen molar-refractivity contribution in [1.82, 2.24) is 5.32 Å². The lowest BCUT2D eigenvalue weighted by atomic mass is 9.84. The van der Waals surface area contributed by atoms with Gasteiger partial charge in [-0.1, -0.05) is 62.4 Å². The van der Waals surface area contributed by atoms with Gasteiger partial charge in [-0.05, 0) is 55.7 Å². The number of thiophene rings is 1. The number of halogens is 1. The Balaban J connectivity index is 0.000000532. The number of nitrogens with two attached hydrogens (primary N) is 1. The molecule has 1 saturated carbocycles. The number of amides is 2. The van der Waals surface area contributed by atoms with Crippen LogP contribution in [0.4, 0.5) is 10.1 Å². The molecule has 4 rings (SSSR count). The lowest BCUT2D eigenvalue weighted by molar-refractivity contribution is -0.148. The monoisotopic (exact) mass is 557 g/mol. The van der Waals surface area contributed by atoms with Crippen molar-refractivity contribution < 1.29 is 23.9 Å². The average Bonchev–Trinajstić information content (AvgIpc) is 3.57. The van der Waals surface area contributed by atoms with Crippen LogP contribution in [-0.2, 0) is 27.2 Å². The quantitative estimate of drug-likeness (QED) is 0.374. The summed E-state index contributed by atoms with van der Waals surface area (Å²) in [6.45, 7) is 2.69. The maximum Gasteiger partial charge on any atom is 0.340 e. The molecule has 1 aromatic carbocycles. The number of hydrogen-bond acceptors (Lipinski definition) is 5. The normalized spacial score (nSPS) is 17.2. The van der Waals surface area contributed by atoms with Crippen molar-refractivity contribution in [3.05, 3.63) is 64.4 Å². The Hall–Kier alpha value is -3.04. The third-order valence-corrected chi connectivity index (χ3v) is 8.01. The van der Waals surface area contributed by atoms with E-state index >= 15 is 0 Å². The van der Waals surface area contributed by atoms with Gasteiger partial charge in [-0.2, -0.15) is 0 Å². The SMILES string of the molecule is CC(C)(F)C(=O)O.N[C@@H](Cc1cccs1)C(=O)N[C@H](/C=C/C(=O)N1CCc2ccccc21)CC1CCCCC1. The number of nitrogens with one attached hydrogen (secondary N) is 1. The van der Waals surface area contributed by atoms with Gasteiger partial charge >= 0.3 is 5.97 Å². The third kappa shape index (κ3) is 9.58. The number of carboxylic acid groups (broad SMARTS) is 1. The Bertz CT molecular complexity index is 1120. The molecule has 2 aromatic rings. The molecule has 4 N–H and O–H groups in total. The van der Waals surface area contributed by atoms with Gasteiger partial charge in [-0.25, -0.2) is 9.18 Å². The van der Waals surface area contributed by atoms with Crippen LogP contribution in [0.1, 0.15) is 62.8 Å². The second kappa shape index (κ2) is 14.4. The molecule has 0 saturated heterocycles. The van der Waals surface area contributed by atoms with Gasteiger partial charge in [0.25, 0.3) is 5.91 Å². The van der Waals surface area contributed by atoms with Crippen molar-refractivity contribution in [2.45, 2.75) is 83.0 Å². The van der Waals surface area contributed by atoms with Crippen LogP contribution < -0.4 is 16.0 Å². The van der Waals surface area contributed by atoms with Crippen molar-refractivity contribution >= 4 is 34.8 Å². The van der Waals surface area contributed by atoms with Crippen molar-refractivity contribution in [3.8, 4) is 0 Å². The molecule has 0 bridgehead atoms. The van der Waals surface area contributed by atoms with E-state index in [0.717, 1.165) is 37.3 Å². The maximum atomic E-state index is 12.9. The summed E-state index contributed by atoms with van der Waals surface area (Å²) in [6.07, 6.45) is 12.0. The molecule has 212 valence electrons. The van der Waals surface area contributed by atoms with Crippen LogP contribution in [0.25, 0.3) is 0 Å². The zero-order valence-corrected chi connectivity index (χ0v) is 23.6. The first kappa shape index (κ1) is 30.5. The van der Waals surface area contributed by atoms with Crippen molar-refractivity contribution in [3.63, 3.8) is 0 Å². The highest BCUT2D eigenvalue weighted by molar-refractivity contribution is 7.09. The van der Waals surface area contributed by atoms with E-state index in [1.807, 2.05) is 46.7 Å². The molecule has 1 aliphatic heterocycles. The Kier molecular flexibility index (Phi) is 11.2. The standard InChI is InChI=1S/C26H33N3O2S.C4H7FO2/c27-23(18-22-10-6-16-32-22)26(31)28-21(17-19-7-2-1-3-8-19)12-13-25(30)29-15-14-20-9-4-5-11-24(20)29;1-4(2,5)3(6)7/h4-6,9-13,16,19,21,23H,1-3,7-8,14-15,17-18,27H2,(H,28,31);1-2H3,(H,6,7)/b13-12+;/t21-,23+;/m1./s1. The summed E-state index contributed by atoms with van der Waals surface area (Å²) in [5.41, 5.74) is 6.31. The van der Waals surface area contributed by atoms with Gasteiger partial charge in [0.1, 0.15) is 0 Å². The summed E-state index contributed by atoms with van der Waals surface area (Å²) in [5, 5.41) is 13.0. The molecular weight excluding hydrogens is 517 g/mol. The Morgan fingerprint density at radius 1 is 1.18 bits per heavy atom. The molecule has 1 aromatic heterocycles. The smallest absolute Gasteiger partial charge is 0.340 e. The molecule has 9 heteroatoms. The van der Waals surface area contributed by atoms with Crippen molar-refractivity contribution in [2.24, 2.45) is 11.7 Å². The number of fused-ring (bicyclic) bond motifs is 1. The van der Waals surface area contributed by atoms with E-state index < -0.39 is 17.7 Å². The number of carbonyl (C=O) groups is 3. The summed E-state index contributed by atoms with van der Waals surface area (Å²) in [4.78, 5) is 38.3. The molecule has 0 radical (unpaired) electrons. The summed E-state index contributed by atoms with van der Waals surface area (Å²) in [7, 11) is 0. The van der Waals surface area contributed by atoms with Gasteiger partial charge in [-0.3, -0.25) is 9.59 Å². The number of alkyl halides is 1. The van der Waals surface area contributed by atoms with E-state index in [4.69, 9.17) is 10.8 Å². The van der Waals surface area contributed by atoms with Crippen LogP contribution in [0.2, 0.25) is 0 Å². The van der Waals surface area contributed by atoms with Crippen LogP contribution in [0.15, 0.2) is 53.9 Å². The fraction of sp³-hybridized carbons (Fsp3) is 0.500. The molecule has 2 heterocycles. The fourth-order valence-electron chi connectivity index (χ4n) is 4.85. The van der Waals surface area contributed by atoms with Crippen LogP contribution in [0.3, 0.4) is 0 Å². The number of anilines is 1. The number of hydrogen-bond donors (Lipinski definition) is 3. The lowest BCUT2D eigenvalue weighted by Crippen LogP contribution is -2.46. The second-order valence-corrected chi connectivity index (χ2v) is 11.8. The summed E-state index contributed by atoms with van der Waals surface area (Å²) < 4.78 is 11.9. The molecule has 2 atom stereocenters. The molecule has 1 aliphatic carbocycles. The van der Waals surface area contributed by atoms with Crippen LogP contribution in [0.5, 0.6) is 0 Å². The van der Waals surface area contributed by atoms with Crippen LogP contribution in [0, 0.1) is 5.92 Å². The topological polar surface area (TPSA) is 113 Å². The van der Waals surface area contributed by atoms with Crippen LogP contribution in [-0.4, -0.2) is 47.2 Å². The van der Waals surface area contributed by atoms with Crippen molar-refractivity contribution in [2.75, 3.05) is 11.4 Å². The minimum Gasteiger partial charge on any atom is -0.479 e. The number of benzene rings is 1. The maximum absolute atomic E-state index is 12.9. The number of aliphatic carboxylic acids is 1. The highest BCUT2D eigenvalue weighted by Gasteiger charge is 2.26. The van der Waals surface area contributed by atoms with Crippen molar-refractivity contribution in [1.29, 1.82) is 0 Å². The van der Waals surface area contributed by atoms with Gasteiger partial charge in [0.2, 0.25) is 11.6 Å². The van der Waals surface area contributed by atoms with Crippen LogP contribution >= 0.6 is 11.3 Å². The zero-order chi connectivity index (χ0) is 28.4. The Labute approximate surface area is 234 Å². The zero-order valence-electron chi connectivity index (χ0n) is 22.8. The largest absolute Gasteiger partial charge is 0.479 e. The number of carbonyl (C=O) groups excluding carboxylic acids is 2. The molecule has 0 unspecified atom stereocenters. The second-order valence-electron chi connectivity index (χ2n) is 10.8. The minimum atomic E-state index is -2.08. The predicted molar refractivity (Wildman–Crippen MR) is 154 cm³/mol. The van der Waals surface area contributed by atoms with E-state index in [1.54, 1.807) is 17.4 Å². The molecule has 0 spiro atoms. The van der Waals surface area contributed by atoms with E-state index in [1.165, 1.54) is 37.7 Å². The Morgan fingerprint density at radius 3 is 2.51 bits per heavy atom. The number of carboxylic acids is 1. The van der Waals surface area contributed by atoms with Gasteiger partial charge in [0.05, 0.1) is 6.04 Å². The first-order valence-electron chi connectivity index (χ1n) is 13.6. The number of para-hydroxylation sites is 1. The highest BCUT2D eigenvalue weighted by Crippen LogP contribution is 2.29. The molecule has 7 nitrogen and oxygen atoms in total. The molecular formula is C30H40FN3O4S. The Morgan fingerprint density at radius 2 is 1.87 bits per heavy atom. The fourth-order valence-corrected chi connectivity index (χ4v) is 5.62. The highest BCUT2D eigenvalue weighted by atomic mass is 32.1. The number of nitrogens with zero attached hydrogens (tertiary/aromatic N) is 1. The summed E-state index contributed by atoms with van der Waals surface area (Å²) in [5.74, 6) is -1.02. The van der Waals surface area contributed by atoms with Gasteiger partial charge in [0, 0.05) is 35.6 Å². The van der Waals surface area contributed by atoms with Gasteiger partial charge < -0.3 is 21.1 Å². The predicted octanol–water partition coefficient (Wildman–Crippen LogP) is 5.04. The van der Waals surface area contributed by atoms with Gasteiger partial charge in [0.15, 0.2) is 0 Å². The molecule has 1 fully saturated rings. The minimum absolute atomic E-state index is 0.0271. The first-order chi connectivity index (χ1) is 18.5. The molecule has 2 amide bonds. The lowest BCUT2D eigenvalue weighted by Gasteiger charge is -2.26. The van der Waals surface area contributed by atoms with E-state index in [2.05, 4.69) is 11.4 Å². The molecule has 2 aliphatic rings. The third-order valence-electron chi connectivity index (χ3n) is 7.11. The van der Waals surface area contributed by atoms with E-state index in [9.17, 15) is 18.8 Å². The first-order valence-corrected chi connectivity index (χ1v) is 14.5. The summed E-state index contributed by atoms with van der Waals surface area (Å²) in [6, 6.07) is 11.3. The average molecular weight is 558 g/mol. The van der Waals surface area contributed by atoms with E-state index in [0.29, 0.717) is 18.9 Å². The molecule has 39 heavy (non-hydrogen) atoms. The summed E-state index contributed by atoms with van der Waals surface area (Å²) >= 11 is 1.61. The van der Waals surface area contributed by atoms with E-state index in [-0.39, 0.29) is 17.9 Å². The number of rotatable bonds is 9. The van der Waals surface area contributed by atoms with Gasteiger partial charge in [-0.15, -0.1) is 11.3 Å².